The largest absolute Gasteiger partial charge is 0.360 e. The van der Waals surface area contributed by atoms with Crippen molar-refractivity contribution in [1.82, 2.24) is 30.5 Å². The van der Waals surface area contributed by atoms with Crippen molar-refractivity contribution < 1.29 is 23.2 Å². The Bertz CT molecular complexity index is 1250. The molecule has 3 aromatic rings. The number of nitrogens with one attached hydrogen (secondary N) is 3. The van der Waals surface area contributed by atoms with E-state index in [0.717, 1.165) is 0 Å². The summed E-state index contributed by atoms with van der Waals surface area (Å²) in [4.78, 5) is 41.8. The lowest BCUT2D eigenvalue weighted by Crippen LogP contribution is -2.51. The summed E-state index contributed by atoms with van der Waals surface area (Å²) in [6, 6.07) is 7.66. The number of urea groups is 1. The van der Waals surface area contributed by atoms with E-state index < -0.39 is 42.3 Å². The van der Waals surface area contributed by atoms with Crippen molar-refractivity contribution in [2.75, 3.05) is 24.5 Å². The summed E-state index contributed by atoms with van der Waals surface area (Å²) in [6.45, 7) is -0.777. The second kappa shape index (κ2) is 7.80. The lowest BCUT2D eigenvalue weighted by Gasteiger charge is -2.24. The lowest BCUT2D eigenvalue weighted by atomic mass is 10.0. The molecule has 170 valence electrons. The molecule has 2 saturated heterocycles. The molecule has 0 aliphatic carbocycles. The van der Waals surface area contributed by atoms with E-state index in [2.05, 4.69) is 26.0 Å². The molecule has 2 fully saturated rings. The summed E-state index contributed by atoms with van der Waals surface area (Å²) in [5.74, 6) is -5.10. The van der Waals surface area contributed by atoms with Crippen molar-refractivity contribution in [3.05, 3.63) is 60.0 Å². The first kappa shape index (κ1) is 20.8. The average Bonchev–Trinajstić information content (AvgIpc) is 3.37. The van der Waals surface area contributed by atoms with Gasteiger partial charge in [0.1, 0.15) is 6.04 Å². The number of benzene rings is 1. The van der Waals surface area contributed by atoms with Crippen LogP contribution in [0.2, 0.25) is 0 Å². The Balaban J connectivity index is 1.44. The molecule has 2 atom stereocenters. The summed E-state index contributed by atoms with van der Waals surface area (Å²) in [6.07, 6.45) is 3.02. The first-order valence-corrected chi connectivity index (χ1v) is 10.2. The van der Waals surface area contributed by atoms with E-state index in [4.69, 9.17) is 0 Å². The van der Waals surface area contributed by atoms with Crippen LogP contribution in [0.4, 0.5) is 19.3 Å². The van der Waals surface area contributed by atoms with Gasteiger partial charge in [0.2, 0.25) is 5.91 Å². The third-order valence-corrected chi connectivity index (χ3v) is 5.73. The maximum Gasteiger partial charge on any atom is 0.321 e. The van der Waals surface area contributed by atoms with Gasteiger partial charge >= 0.3 is 6.03 Å². The average molecular weight is 455 g/mol. The molecule has 2 unspecified atom stereocenters. The molecule has 2 aliphatic rings. The van der Waals surface area contributed by atoms with Gasteiger partial charge in [0.15, 0.2) is 5.65 Å². The van der Waals surface area contributed by atoms with Crippen LogP contribution < -0.4 is 20.9 Å². The number of rotatable bonds is 4. The van der Waals surface area contributed by atoms with Gasteiger partial charge in [-0.05, 0) is 18.2 Å². The van der Waals surface area contributed by atoms with E-state index in [1.54, 1.807) is 36.5 Å². The van der Waals surface area contributed by atoms with Gasteiger partial charge in [0.25, 0.3) is 11.8 Å². The predicted octanol–water partition coefficient (Wildman–Crippen LogP) is 0.906. The molecular formula is C21H19F2N7O3. The molecule has 0 radical (unpaired) electrons. The quantitative estimate of drug-likeness (QED) is 0.538. The number of carbonyl (C=O) groups is 3. The molecule has 0 bridgehead atoms. The number of imide groups is 1. The standard InChI is InChI=1S/C21H19F2N7O3/c22-21(23)11-29(10-16(21)26-18(31)12-4-2-1-3-5-12)15-8-14(28-30-7-6-24-17(15)30)13-9-25-20(33)27-19(13)32/h1-8,13,16H,9-11H2,(H,26,31)(H2,25,27,32,33). The number of halogens is 2. The number of carbonyl (C=O) groups excluding carboxylic acids is 3. The molecule has 2 aromatic heterocycles. The first-order chi connectivity index (χ1) is 15.8. The molecule has 3 N–H and O–H groups in total. The number of fused-ring (bicyclic) bond motifs is 1. The Labute approximate surface area is 186 Å². The molecule has 5 rings (SSSR count). The third-order valence-electron chi connectivity index (χ3n) is 5.73. The minimum absolute atomic E-state index is 0.0310. The third kappa shape index (κ3) is 3.83. The number of anilines is 1. The Morgan fingerprint density at radius 2 is 2.00 bits per heavy atom. The summed E-state index contributed by atoms with van der Waals surface area (Å²) in [7, 11) is 0. The number of amides is 4. The molecule has 12 heteroatoms. The zero-order valence-corrected chi connectivity index (χ0v) is 17.2. The highest BCUT2D eigenvalue weighted by Gasteiger charge is 2.49. The van der Waals surface area contributed by atoms with Gasteiger partial charge in [-0.1, -0.05) is 18.2 Å². The maximum absolute atomic E-state index is 14.9. The highest BCUT2D eigenvalue weighted by atomic mass is 19.3. The van der Waals surface area contributed by atoms with Crippen molar-refractivity contribution in [3.8, 4) is 0 Å². The number of hydrogen-bond acceptors (Lipinski definition) is 6. The zero-order chi connectivity index (χ0) is 23.2. The second-order valence-corrected chi connectivity index (χ2v) is 7.94. The van der Waals surface area contributed by atoms with E-state index in [-0.39, 0.29) is 13.1 Å². The summed E-state index contributed by atoms with van der Waals surface area (Å²) in [5.41, 5.74) is 1.28. The van der Waals surface area contributed by atoms with Crippen LogP contribution in [0, 0.1) is 0 Å². The molecule has 1 aromatic carbocycles. The zero-order valence-electron chi connectivity index (χ0n) is 17.2. The summed E-state index contributed by atoms with van der Waals surface area (Å²) in [5, 5.41) is 11.5. The number of hydrogen-bond donors (Lipinski definition) is 3. The van der Waals surface area contributed by atoms with Gasteiger partial charge in [-0.25, -0.2) is 23.1 Å². The predicted molar refractivity (Wildman–Crippen MR) is 112 cm³/mol. The van der Waals surface area contributed by atoms with Crippen molar-refractivity contribution in [2.45, 2.75) is 17.9 Å². The van der Waals surface area contributed by atoms with Crippen LogP contribution in [0.25, 0.3) is 5.65 Å². The van der Waals surface area contributed by atoms with Gasteiger partial charge < -0.3 is 15.5 Å². The fourth-order valence-electron chi connectivity index (χ4n) is 4.04. The van der Waals surface area contributed by atoms with Crippen molar-refractivity contribution >= 4 is 29.2 Å². The molecule has 2 aliphatic heterocycles. The van der Waals surface area contributed by atoms with Gasteiger partial charge in [0, 0.05) is 31.0 Å². The van der Waals surface area contributed by atoms with Crippen molar-refractivity contribution in [1.29, 1.82) is 0 Å². The highest BCUT2D eigenvalue weighted by Crippen LogP contribution is 2.34. The molecule has 0 saturated carbocycles. The normalized spacial score (nSPS) is 22.2. The topological polar surface area (TPSA) is 121 Å². The Morgan fingerprint density at radius 1 is 1.21 bits per heavy atom. The SMILES string of the molecule is O=C1NCC(c2cc(N3CC(NC(=O)c4ccccc4)C(F)(F)C3)c3nccn3n2)C(=O)N1. The molecular weight excluding hydrogens is 436 g/mol. The summed E-state index contributed by atoms with van der Waals surface area (Å²) < 4.78 is 31.2. The van der Waals surface area contributed by atoms with Crippen molar-refractivity contribution in [3.63, 3.8) is 0 Å². The minimum atomic E-state index is -3.20. The van der Waals surface area contributed by atoms with E-state index >= 15 is 0 Å². The van der Waals surface area contributed by atoms with Crippen LogP contribution in [0.15, 0.2) is 48.8 Å². The van der Waals surface area contributed by atoms with Gasteiger partial charge in [0.05, 0.1) is 23.8 Å². The molecule has 33 heavy (non-hydrogen) atoms. The Kier molecular flexibility index (Phi) is 4.91. The highest BCUT2D eigenvalue weighted by molar-refractivity contribution is 6.00. The van der Waals surface area contributed by atoms with Crippen LogP contribution in [0.3, 0.4) is 0 Å². The van der Waals surface area contributed by atoms with Crippen LogP contribution in [0.5, 0.6) is 0 Å². The molecule has 0 spiro atoms. The van der Waals surface area contributed by atoms with Crippen molar-refractivity contribution in [2.24, 2.45) is 0 Å². The lowest BCUT2D eigenvalue weighted by molar-refractivity contribution is -0.122. The Morgan fingerprint density at radius 3 is 2.76 bits per heavy atom. The molecule has 4 heterocycles. The Hall–Kier alpha value is -4.09. The fraction of sp³-hybridized carbons (Fsp3) is 0.286. The monoisotopic (exact) mass is 455 g/mol. The van der Waals surface area contributed by atoms with E-state index in [9.17, 15) is 23.2 Å². The molecule has 10 nitrogen and oxygen atoms in total. The van der Waals surface area contributed by atoms with Gasteiger partial charge in [-0.3, -0.25) is 14.9 Å². The summed E-state index contributed by atoms with van der Waals surface area (Å²) >= 11 is 0. The molecule has 4 amide bonds. The number of aromatic nitrogens is 3. The van der Waals surface area contributed by atoms with Crippen LogP contribution in [-0.4, -0.2) is 64.0 Å². The van der Waals surface area contributed by atoms with E-state index in [1.165, 1.54) is 21.7 Å². The maximum atomic E-state index is 14.9. The first-order valence-electron chi connectivity index (χ1n) is 10.2. The minimum Gasteiger partial charge on any atom is -0.360 e. The number of nitrogens with zero attached hydrogens (tertiary/aromatic N) is 4. The smallest absolute Gasteiger partial charge is 0.321 e. The van der Waals surface area contributed by atoms with Crippen LogP contribution in [-0.2, 0) is 4.79 Å². The van der Waals surface area contributed by atoms with E-state index in [0.29, 0.717) is 22.6 Å². The number of imidazole rings is 1. The number of alkyl halides is 2. The van der Waals surface area contributed by atoms with E-state index in [1.807, 2.05) is 0 Å². The second-order valence-electron chi connectivity index (χ2n) is 7.94. The van der Waals surface area contributed by atoms with Gasteiger partial charge in [-0.15, -0.1) is 0 Å². The fourth-order valence-corrected chi connectivity index (χ4v) is 4.04. The van der Waals surface area contributed by atoms with Crippen LogP contribution >= 0.6 is 0 Å². The van der Waals surface area contributed by atoms with Crippen LogP contribution in [0.1, 0.15) is 22.0 Å². The van der Waals surface area contributed by atoms with Gasteiger partial charge in [-0.2, -0.15) is 5.10 Å².